The summed E-state index contributed by atoms with van der Waals surface area (Å²) < 4.78 is 35.6. The Bertz CT molecular complexity index is 1280. The van der Waals surface area contributed by atoms with Gasteiger partial charge in [0.05, 0.1) is 18.0 Å². The molecule has 0 fully saturated rings. The number of pyridine rings is 1. The van der Waals surface area contributed by atoms with Crippen LogP contribution in [0.25, 0.3) is 10.9 Å². The summed E-state index contributed by atoms with van der Waals surface area (Å²) >= 11 is 0. The Morgan fingerprint density at radius 1 is 1.13 bits per heavy atom. The fourth-order valence-corrected chi connectivity index (χ4v) is 3.18. The lowest BCUT2D eigenvalue weighted by Gasteiger charge is -2.15. The van der Waals surface area contributed by atoms with E-state index in [-0.39, 0.29) is 23.4 Å². The van der Waals surface area contributed by atoms with E-state index in [2.05, 4.69) is 15.5 Å². The van der Waals surface area contributed by atoms with Crippen LogP contribution in [0.15, 0.2) is 59.7 Å². The third-order valence-electron chi connectivity index (χ3n) is 4.62. The maximum absolute atomic E-state index is 14.6. The minimum Gasteiger partial charge on any atom is -0.497 e. The van der Waals surface area contributed by atoms with E-state index in [0.29, 0.717) is 5.75 Å². The molecule has 0 saturated heterocycles. The van der Waals surface area contributed by atoms with Crippen LogP contribution in [0.5, 0.6) is 5.75 Å². The molecule has 152 valence electrons. The summed E-state index contributed by atoms with van der Waals surface area (Å²) in [7, 11) is 1.53. The Hall–Kier alpha value is -4.01. The number of hydrogen-bond donors (Lipinski definition) is 2. The van der Waals surface area contributed by atoms with Crippen molar-refractivity contribution in [1.29, 1.82) is 0 Å². The first kappa shape index (κ1) is 19.3. The molecular formula is C21H16F2N4O3. The molecule has 2 aromatic heterocycles. The lowest BCUT2D eigenvalue weighted by atomic mass is 10.1. The molecule has 0 saturated carbocycles. The first-order chi connectivity index (χ1) is 14.5. The zero-order valence-electron chi connectivity index (χ0n) is 15.8. The Morgan fingerprint density at radius 2 is 1.87 bits per heavy atom. The molecule has 1 amide bonds. The SMILES string of the molecule is COc1ccc(Cn2cc(C(=O)Nc3cc[nH]n3)c(=O)c3c(F)ccc(F)c32)cc1. The number of hydrogen-bond acceptors (Lipinski definition) is 4. The Morgan fingerprint density at radius 3 is 2.53 bits per heavy atom. The quantitative estimate of drug-likeness (QED) is 0.528. The number of carbonyl (C=O) groups is 1. The smallest absolute Gasteiger partial charge is 0.262 e. The second-order valence-corrected chi connectivity index (χ2v) is 6.51. The van der Waals surface area contributed by atoms with E-state index < -0.39 is 28.4 Å². The van der Waals surface area contributed by atoms with Gasteiger partial charge in [0.15, 0.2) is 5.82 Å². The Balaban J connectivity index is 1.86. The number of anilines is 1. The third-order valence-corrected chi connectivity index (χ3v) is 4.62. The Kier molecular flexibility index (Phi) is 5.01. The van der Waals surface area contributed by atoms with E-state index in [4.69, 9.17) is 4.74 Å². The van der Waals surface area contributed by atoms with Crippen molar-refractivity contribution < 1.29 is 18.3 Å². The summed E-state index contributed by atoms with van der Waals surface area (Å²) in [5.74, 6) is -1.62. The minimum atomic E-state index is -0.908. The number of halogens is 2. The number of ether oxygens (including phenoxy) is 1. The van der Waals surface area contributed by atoms with Gasteiger partial charge in [0.25, 0.3) is 5.91 Å². The number of nitrogens with zero attached hydrogens (tertiary/aromatic N) is 2. The normalized spacial score (nSPS) is 10.9. The van der Waals surface area contributed by atoms with Crippen molar-refractivity contribution in [2.75, 3.05) is 12.4 Å². The van der Waals surface area contributed by atoms with Gasteiger partial charge in [-0.3, -0.25) is 14.7 Å². The van der Waals surface area contributed by atoms with Crippen LogP contribution >= 0.6 is 0 Å². The van der Waals surface area contributed by atoms with Gasteiger partial charge in [0.2, 0.25) is 5.43 Å². The molecule has 0 aliphatic carbocycles. The standard InChI is InChI=1S/C21H16F2N4O3/c1-30-13-4-2-12(3-5-13)10-27-11-14(21(29)25-17-8-9-24-26-17)20(28)18-15(22)6-7-16(23)19(18)27/h2-9,11H,10H2,1H3,(H2,24,25,26,29). The Labute approximate surface area is 168 Å². The molecule has 2 heterocycles. The highest BCUT2D eigenvalue weighted by Gasteiger charge is 2.21. The monoisotopic (exact) mass is 410 g/mol. The summed E-state index contributed by atoms with van der Waals surface area (Å²) in [6.45, 7) is 0.101. The maximum atomic E-state index is 14.6. The summed E-state index contributed by atoms with van der Waals surface area (Å²) in [5.41, 5.74) is -0.709. The van der Waals surface area contributed by atoms with Crippen molar-refractivity contribution in [1.82, 2.24) is 14.8 Å². The number of aromatic amines is 1. The molecule has 0 unspecified atom stereocenters. The van der Waals surface area contributed by atoms with Gasteiger partial charge in [-0.25, -0.2) is 8.78 Å². The van der Waals surface area contributed by atoms with Gasteiger partial charge in [-0.05, 0) is 29.8 Å². The van der Waals surface area contributed by atoms with Crippen molar-refractivity contribution in [3.8, 4) is 5.75 Å². The average molecular weight is 410 g/mol. The summed E-state index contributed by atoms with van der Waals surface area (Å²) in [4.78, 5) is 25.5. The zero-order chi connectivity index (χ0) is 21.3. The highest BCUT2D eigenvalue weighted by atomic mass is 19.1. The molecule has 0 bridgehead atoms. The fourth-order valence-electron chi connectivity index (χ4n) is 3.18. The topological polar surface area (TPSA) is 89.0 Å². The van der Waals surface area contributed by atoms with Gasteiger partial charge in [-0.2, -0.15) is 5.10 Å². The first-order valence-corrected chi connectivity index (χ1v) is 8.93. The van der Waals surface area contributed by atoms with Crippen LogP contribution in [0.1, 0.15) is 15.9 Å². The number of benzene rings is 2. The van der Waals surface area contributed by atoms with E-state index in [0.717, 1.165) is 17.7 Å². The zero-order valence-corrected chi connectivity index (χ0v) is 15.8. The van der Waals surface area contributed by atoms with Crippen LogP contribution in [0, 0.1) is 11.6 Å². The second kappa shape index (κ2) is 7.78. The molecule has 9 heteroatoms. The lowest BCUT2D eigenvalue weighted by molar-refractivity contribution is 0.102. The number of amides is 1. The molecule has 0 spiro atoms. The molecule has 2 aromatic carbocycles. The number of aromatic nitrogens is 3. The van der Waals surface area contributed by atoms with E-state index in [1.165, 1.54) is 30.1 Å². The van der Waals surface area contributed by atoms with Crippen LogP contribution in [-0.4, -0.2) is 27.8 Å². The van der Waals surface area contributed by atoms with E-state index in [1.54, 1.807) is 24.3 Å². The van der Waals surface area contributed by atoms with Crippen LogP contribution < -0.4 is 15.5 Å². The molecule has 30 heavy (non-hydrogen) atoms. The molecule has 7 nitrogen and oxygen atoms in total. The number of carbonyl (C=O) groups excluding carboxylic acids is 1. The number of nitrogens with one attached hydrogen (secondary N) is 2. The first-order valence-electron chi connectivity index (χ1n) is 8.93. The van der Waals surface area contributed by atoms with E-state index >= 15 is 0 Å². The third kappa shape index (κ3) is 3.52. The average Bonchev–Trinajstić information content (AvgIpc) is 3.25. The van der Waals surface area contributed by atoms with Crippen molar-refractivity contribution in [2.45, 2.75) is 6.54 Å². The van der Waals surface area contributed by atoms with Gasteiger partial charge >= 0.3 is 0 Å². The lowest BCUT2D eigenvalue weighted by Crippen LogP contribution is -2.25. The number of H-pyrrole nitrogens is 1. The second-order valence-electron chi connectivity index (χ2n) is 6.51. The van der Waals surface area contributed by atoms with Crippen molar-refractivity contribution in [3.63, 3.8) is 0 Å². The molecular weight excluding hydrogens is 394 g/mol. The highest BCUT2D eigenvalue weighted by Crippen LogP contribution is 2.22. The number of fused-ring (bicyclic) bond motifs is 1. The summed E-state index contributed by atoms with van der Waals surface area (Å²) in [5, 5.41) is 8.30. The predicted molar refractivity (Wildman–Crippen MR) is 107 cm³/mol. The van der Waals surface area contributed by atoms with Crippen LogP contribution in [-0.2, 0) is 6.54 Å². The summed E-state index contributed by atoms with van der Waals surface area (Å²) in [6, 6.07) is 10.3. The molecule has 4 aromatic rings. The number of rotatable bonds is 5. The molecule has 0 radical (unpaired) electrons. The number of methoxy groups -OCH3 is 1. The van der Waals surface area contributed by atoms with Crippen LogP contribution in [0.4, 0.5) is 14.6 Å². The van der Waals surface area contributed by atoms with Gasteiger partial charge in [-0.15, -0.1) is 0 Å². The van der Waals surface area contributed by atoms with E-state index in [1.807, 2.05) is 0 Å². The predicted octanol–water partition coefficient (Wildman–Crippen LogP) is 3.31. The van der Waals surface area contributed by atoms with Gasteiger partial charge in [0.1, 0.15) is 22.9 Å². The van der Waals surface area contributed by atoms with E-state index in [9.17, 15) is 18.4 Å². The van der Waals surface area contributed by atoms with Crippen LogP contribution in [0.2, 0.25) is 0 Å². The molecule has 4 rings (SSSR count). The van der Waals surface area contributed by atoms with Crippen LogP contribution in [0.3, 0.4) is 0 Å². The van der Waals surface area contributed by atoms with Crippen molar-refractivity contribution >= 4 is 22.6 Å². The minimum absolute atomic E-state index is 0.101. The maximum Gasteiger partial charge on any atom is 0.262 e. The highest BCUT2D eigenvalue weighted by molar-refractivity contribution is 6.05. The molecule has 2 N–H and O–H groups in total. The van der Waals surface area contributed by atoms with Gasteiger partial charge in [-0.1, -0.05) is 12.1 Å². The van der Waals surface area contributed by atoms with Crippen molar-refractivity contribution in [3.05, 3.63) is 87.8 Å². The molecule has 0 aliphatic heterocycles. The molecule has 0 atom stereocenters. The molecule has 0 aliphatic rings. The van der Waals surface area contributed by atoms with Gasteiger partial charge < -0.3 is 14.6 Å². The largest absolute Gasteiger partial charge is 0.497 e. The van der Waals surface area contributed by atoms with Gasteiger partial charge in [0, 0.05) is 25.0 Å². The fraction of sp³-hybridized carbons (Fsp3) is 0.0952. The summed E-state index contributed by atoms with van der Waals surface area (Å²) in [6.07, 6.45) is 2.71. The van der Waals surface area contributed by atoms with Crippen molar-refractivity contribution in [2.24, 2.45) is 0 Å².